The summed E-state index contributed by atoms with van der Waals surface area (Å²) in [5, 5.41) is 3.17. The highest BCUT2D eigenvalue weighted by Gasteiger charge is 2.62. The Balaban J connectivity index is 0.00000420. The minimum absolute atomic E-state index is 0. The van der Waals surface area contributed by atoms with Crippen LogP contribution in [0.25, 0.3) is 33.5 Å². The Bertz CT molecular complexity index is 2140. The van der Waals surface area contributed by atoms with Gasteiger partial charge < -0.3 is 25.1 Å². The molecule has 3 amide bonds. The molecule has 15 heteroatoms. The van der Waals surface area contributed by atoms with Gasteiger partial charge in [-0.3, -0.25) is 19.1 Å². The van der Waals surface area contributed by atoms with Gasteiger partial charge in [0.05, 0.1) is 28.9 Å². The maximum atomic E-state index is 14.2. The molecular weight excluding hydrogens is 708 g/mol. The second-order valence-corrected chi connectivity index (χ2v) is 16.1. The number of amides is 3. The smallest absolute Gasteiger partial charge is 0.259 e. The summed E-state index contributed by atoms with van der Waals surface area (Å²) in [4.78, 5) is 52.8. The molecule has 1 saturated heterocycles. The van der Waals surface area contributed by atoms with Crippen molar-refractivity contribution in [1.82, 2.24) is 24.9 Å². The zero-order valence-corrected chi connectivity index (χ0v) is 30.0. The van der Waals surface area contributed by atoms with E-state index in [0.29, 0.717) is 47.3 Å². The third kappa shape index (κ3) is 6.98. The number of allylic oxidation sites excluding steroid dienone is 1. The van der Waals surface area contributed by atoms with Gasteiger partial charge in [0, 0.05) is 17.7 Å². The SMILES string of the molecule is Cl.N[C@H]1CCCCCC=C[C@@H]2C[C@@]2(C(=O)NS(=O)(=O)C2CC2)NC(=O)[C@@H]2C[C@@H](Oc3nc4ccccc4nc3-c3cc4ccccc4o3)CN2C1=O. The molecular formula is C37H41ClN6O7S. The fourth-order valence-electron chi connectivity index (χ4n) is 7.23. The van der Waals surface area contributed by atoms with Gasteiger partial charge in [-0.05, 0) is 62.8 Å². The number of carbonyl (C=O) groups is 3. The number of ether oxygens (including phenoxy) is 1. The minimum atomic E-state index is -3.86. The molecule has 5 atom stereocenters. The molecule has 2 aliphatic carbocycles. The van der Waals surface area contributed by atoms with E-state index in [1.54, 1.807) is 0 Å². The van der Waals surface area contributed by atoms with Crippen LogP contribution in [0.15, 0.2) is 71.2 Å². The lowest BCUT2D eigenvalue weighted by atomic mass is 10.1. The normalized spacial score (nSPS) is 26.8. The highest BCUT2D eigenvalue weighted by Crippen LogP contribution is 2.46. The summed E-state index contributed by atoms with van der Waals surface area (Å²) in [6.45, 7) is 0.0390. The molecule has 2 aliphatic heterocycles. The van der Waals surface area contributed by atoms with E-state index in [0.717, 1.165) is 31.1 Å². The Morgan fingerprint density at radius 2 is 1.77 bits per heavy atom. The van der Waals surface area contributed by atoms with Gasteiger partial charge in [0.25, 0.3) is 5.91 Å². The Hall–Kier alpha value is -4.53. The number of rotatable bonds is 6. The van der Waals surface area contributed by atoms with Gasteiger partial charge in [0.15, 0.2) is 11.5 Å². The fraction of sp³-hybridized carbons (Fsp3) is 0.432. The molecule has 4 aromatic rings. The summed E-state index contributed by atoms with van der Waals surface area (Å²) < 4.78 is 40.4. The number of benzene rings is 2. The van der Waals surface area contributed by atoms with Crippen molar-refractivity contribution in [3.63, 3.8) is 0 Å². The number of carbonyl (C=O) groups excluding carboxylic acids is 3. The molecule has 52 heavy (non-hydrogen) atoms. The van der Waals surface area contributed by atoms with Crippen LogP contribution in [0.5, 0.6) is 5.88 Å². The summed E-state index contributed by atoms with van der Waals surface area (Å²) in [6, 6.07) is 15.0. The minimum Gasteiger partial charge on any atom is -0.471 e. The van der Waals surface area contributed by atoms with Gasteiger partial charge in [-0.2, -0.15) is 0 Å². The third-order valence-corrected chi connectivity index (χ3v) is 12.2. The molecule has 0 unspecified atom stereocenters. The van der Waals surface area contributed by atoms with Crippen molar-refractivity contribution in [2.45, 2.75) is 86.8 Å². The first-order chi connectivity index (χ1) is 24.6. The van der Waals surface area contributed by atoms with Crippen molar-refractivity contribution in [2.24, 2.45) is 11.7 Å². The van der Waals surface area contributed by atoms with Gasteiger partial charge >= 0.3 is 0 Å². The lowest BCUT2D eigenvalue weighted by Crippen LogP contribution is -2.57. The van der Waals surface area contributed by atoms with Crippen LogP contribution in [0, 0.1) is 5.92 Å². The highest BCUT2D eigenvalue weighted by molar-refractivity contribution is 7.91. The van der Waals surface area contributed by atoms with Gasteiger partial charge in [0.1, 0.15) is 23.3 Å². The predicted molar refractivity (Wildman–Crippen MR) is 196 cm³/mol. The van der Waals surface area contributed by atoms with E-state index in [-0.39, 0.29) is 43.6 Å². The molecule has 0 radical (unpaired) electrons. The Morgan fingerprint density at radius 3 is 2.54 bits per heavy atom. The second kappa shape index (κ2) is 14.1. The van der Waals surface area contributed by atoms with Crippen LogP contribution in [-0.2, 0) is 24.4 Å². The number of hydrogen-bond acceptors (Lipinski definition) is 10. The Morgan fingerprint density at radius 1 is 1.02 bits per heavy atom. The molecule has 274 valence electrons. The number of para-hydroxylation sites is 3. The average Bonchev–Trinajstić information content (AvgIpc) is 4.01. The maximum absolute atomic E-state index is 14.2. The van der Waals surface area contributed by atoms with Crippen molar-refractivity contribution in [3.8, 4) is 17.3 Å². The van der Waals surface area contributed by atoms with Crippen molar-refractivity contribution in [1.29, 1.82) is 0 Å². The number of hydrogen-bond donors (Lipinski definition) is 3. The molecule has 3 fully saturated rings. The van der Waals surface area contributed by atoms with Crippen molar-refractivity contribution >= 4 is 62.2 Å². The van der Waals surface area contributed by atoms with E-state index in [1.165, 1.54) is 4.90 Å². The van der Waals surface area contributed by atoms with E-state index >= 15 is 0 Å². The summed E-state index contributed by atoms with van der Waals surface area (Å²) >= 11 is 0. The molecule has 4 heterocycles. The first kappa shape index (κ1) is 35.9. The first-order valence-corrected chi connectivity index (χ1v) is 19.2. The van der Waals surface area contributed by atoms with E-state index in [9.17, 15) is 22.8 Å². The van der Waals surface area contributed by atoms with Crippen LogP contribution in [0.1, 0.15) is 57.8 Å². The van der Waals surface area contributed by atoms with Crippen LogP contribution in [-0.4, -0.2) is 76.5 Å². The molecule has 0 bridgehead atoms. The van der Waals surface area contributed by atoms with Crippen LogP contribution in [0.2, 0.25) is 0 Å². The van der Waals surface area contributed by atoms with E-state index in [2.05, 4.69) is 10.0 Å². The molecule has 2 aromatic heterocycles. The molecule has 0 spiro atoms. The molecule has 8 rings (SSSR count). The lowest BCUT2D eigenvalue weighted by Gasteiger charge is -2.28. The molecule has 4 N–H and O–H groups in total. The van der Waals surface area contributed by atoms with Crippen LogP contribution in [0.3, 0.4) is 0 Å². The summed E-state index contributed by atoms with van der Waals surface area (Å²) in [5.74, 6) is -1.47. The quantitative estimate of drug-likeness (QED) is 0.242. The molecule has 13 nitrogen and oxygen atoms in total. The lowest BCUT2D eigenvalue weighted by molar-refractivity contribution is -0.140. The molecule has 2 aromatic carbocycles. The van der Waals surface area contributed by atoms with E-state index in [4.69, 9.17) is 24.9 Å². The van der Waals surface area contributed by atoms with Gasteiger partial charge in [-0.1, -0.05) is 55.3 Å². The number of halogens is 1. The second-order valence-electron chi connectivity index (χ2n) is 14.1. The number of furan rings is 1. The van der Waals surface area contributed by atoms with Crippen LogP contribution >= 0.6 is 12.4 Å². The number of nitrogens with two attached hydrogens (primary N) is 1. The number of nitrogens with one attached hydrogen (secondary N) is 2. The summed E-state index contributed by atoms with van der Waals surface area (Å²) in [7, 11) is -3.86. The maximum Gasteiger partial charge on any atom is 0.259 e. The topological polar surface area (TPSA) is 187 Å². The third-order valence-electron chi connectivity index (χ3n) is 10.4. The predicted octanol–water partition coefficient (Wildman–Crippen LogP) is 4.14. The fourth-order valence-corrected chi connectivity index (χ4v) is 8.59. The number of nitrogens with zero attached hydrogens (tertiary/aromatic N) is 3. The number of sulfonamides is 1. The van der Waals surface area contributed by atoms with Crippen molar-refractivity contribution in [2.75, 3.05) is 6.54 Å². The monoisotopic (exact) mass is 748 g/mol. The highest BCUT2D eigenvalue weighted by atomic mass is 35.5. The number of aromatic nitrogens is 2. The molecule has 4 aliphatic rings. The summed E-state index contributed by atoms with van der Waals surface area (Å²) in [5.41, 5.74) is 7.26. The molecule has 2 saturated carbocycles. The van der Waals surface area contributed by atoms with Crippen molar-refractivity contribution in [3.05, 3.63) is 66.7 Å². The van der Waals surface area contributed by atoms with Gasteiger partial charge in [-0.15, -0.1) is 12.4 Å². The van der Waals surface area contributed by atoms with E-state index in [1.807, 2.05) is 66.7 Å². The largest absolute Gasteiger partial charge is 0.471 e. The zero-order valence-electron chi connectivity index (χ0n) is 28.4. The van der Waals surface area contributed by atoms with Crippen molar-refractivity contribution < 1.29 is 32.0 Å². The first-order valence-electron chi connectivity index (χ1n) is 17.6. The van der Waals surface area contributed by atoms with Crippen LogP contribution in [0.4, 0.5) is 0 Å². The standard InChI is InChI=1S/C37H40N6O7S.ClH/c38-26-12-5-3-1-2-4-11-23-20-37(23,36(46)42-51(47,48)25-16-17-25)41-33(44)29-19-24(21-43(29)35(26)45)49-34-32(39-27-13-7-8-14-28(27)40-34)31-18-22-10-6-9-15-30(22)50-31;/h4,6-11,13-15,18,23-26,29H,1-3,5,12,16-17,19-21,38H2,(H,41,44)(H,42,46);1H/t23-,24-,26+,29+,37-;/m1./s1. The Labute approximate surface area is 307 Å². The van der Waals surface area contributed by atoms with Gasteiger partial charge in [-0.25, -0.2) is 18.4 Å². The van der Waals surface area contributed by atoms with Gasteiger partial charge in [0.2, 0.25) is 27.7 Å². The van der Waals surface area contributed by atoms with Crippen LogP contribution < -0.4 is 20.5 Å². The average molecular weight is 749 g/mol. The Kier molecular flexibility index (Phi) is 9.74. The zero-order chi connectivity index (χ0) is 35.3. The summed E-state index contributed by atoms with van der Waals surface area (Å²) in [6.07, 6.45) is 8.17. The number of fused-ring (bicyclic) bond motifs is 4. The van der Waals surface area contributed by atoms with E-state index < -0.39 is 56.7 Å².